The maximum absolute atomic E-state index is 13.8. The summed E-state index contributed by atoms with van der Waals surface area (Å²) in [5.74, 6) is -0.256. The number of amides is 2. The molecule has 0 saturated carbocycles. The number of hydrogen-bond donors (Lipinski definition) is 0. The Hall–Kier alpha value is -2.69. The van der Waals surface area contributed by atoms with Crippen molar-refractivity contribution in [1.82, 2.24) is 9.80 Å². The highest BCUT2D eigenvalue weighted by atomic mass is 19.1. The maximum Gasteiger partial charge on any atom is 0.242 e. The monoisotopic (exact) mass is 394 g/mol. The normalized spacial score (nSPS) is 20.2. The number of rotatable bonds is 4. The average molecular weight is 394 g/mol. The first-order valence-electron chi connectivity index (χ1n) is 10.3. The van der Waals surface area contributed by atoms with Crippen LogP contribution in [0.5, 0.6) is 0 Å². The van der Waals surface area contributed by atoms with Crippen LogP contribution in [0.2, 0.25) is 0 Å². The van der Waals surface area contributed by atoms with Crippen LogP contribution in [0.4, 0.5) is 4.39 Å². The zero-order valence-electron chi connectivity index (χ0n) is 17.0. The number of aryl methyl sites for hydroxylation is 1. The lowest BCUT2D eigenvalue weighted by Crippen LogP contribution is -2.58. The highest BCUT2D eigenvalue weighted by Crippen LogP contribution is 2.41. The molecular formula is C24H27FN2O2. The van der Waals surface area contributed by atoms with Gasteiger partial charge in [-0.2, -0.15) is 0 Å². The molecule has 1 saturated heterocycles. The summed E-state index contributed by atoms with van der Waals surface area (Å²) in [4.78, 5) is 29.3. The Morgan fingerprint density at radius 2 is 1.86 bits per heavy atom. The van der Waals surface area contributed by atoms with E-state index in [1.54, 1.807) is 23.1 Å². The number of nitrogens with zero attached hydrogens (tertiary/aromatic N) is 2. The number of carbonyl (C=O) groups excluding carboxylic acids is 2. The van der Waals surface area contributed by atoms with E-state index in [9.17, 15) is 14.0 Å². The molecule has 1 atom stereocenters. The first-order valence-corrected chi connectivity index (χ1v) is 10.3. The molecule has 0 bridgehead atoms. The smallest absolute Gasteiger partial charge is 0.242 e. The number of hydrogen-bond acceptors (Lipinski definition) is 2. The molecule has 2 aromatic rings. The molecule has 2 heterocycles. The summed E-state index contributed by atoms with van der Waals surface area (Å²) in [6.07, 6.45) is 1.41. The van der Waals surface area contributed by atoms with Crippen molar-refractivity contribution in [3.63, 3.8) is 0 Å². The molecular weight excluding hydrogens is 367 g/mol. The van der Waals surface area contributed by atoms with E-state index in [0.29, 0.717) is 37.9 Å². The minimum Gasteiger partial charge on any atom is -0.331 e. The Morgan fingerprint density at radius 3 is 2.66 bits per heavy atom. The van der Waals surface area contributed by atoms with E-state index in [4.69, 9.17) is 0 Å². The van der Waals surface area contributed by atoms with Crippen LogP contribution >= 0.6 is 0 Å². The fraction of sp³-hybridized carbons (Fsp3) is 0.417. The van der Waals surface area contributed by atoms with E-state index in [1.807, 2.05) is 17.0 Å². The van der Waals surface area contributed by atoms with Crippen molar-refractivity contribution in [1.29, 1.82) is 0 Å². The van der Waals surface area contributed by atoms with Crippen molar-refractivity contribution in [2.45, 2.75) is 44.6 Å². The Labute approximate surface area is 171 Å². The van der Waals surface area contributed by atoms with Gasteiger partial charge in [0.05, 0.1) is 12.6 Å². The SMILES string of the molecule is CC1(C)CN2C(=O)CN(C(=O)CCCc3ccccc3F)CC2c2ccccc21. The van der Waals surface area contributed by atoms with Crippen molar-refractivity contribution < 1.29 is 14.0 Å². The van der Waals surface area contributed by atoms with Gasteiger partial charge in [0, 0.05) is 24.9 Å². The predicted octanol–water partition coefficient (Wildman–Crippen LogP) is 3.85. The first-order chi connectivity index (χ1) is 13.9. The van der Waals surface area contributed by atoms with Crippen LogP contribution in [-0.2, 0) is 21.4 Å². The van der Waals surface area contributed by atoms with Gasteiger partial charge in [0.2, 0.25) is 11.8 Å². The zero-order chi connectivity index (χ0) is 20.6. The highest BCUT2D eigenvalue weighted by Gasteiger charge is 2.43. The maximum atomic E-state index is 13.8. The molecule has 2 amide bonds. The summed E-state index contributed by atoms with van der Waals surface area (Å²) in [6, 6.07) is 14.8. The van der Waals surface area contributed by atoms with Crippen LogP contribution in [0, 0.1) is 5.82 Å². The fourth-order valence-electron chi connectivity index (χ4n) is 4.66. The van der Waals surface area contributed by atoms with Gasteiger partial charge in [-0.25, -0.2) is 4.39 Å². The van der Waals surface area contributed by atoms with E-state index in [-0.39, 0.29) is 35.6 Å². The van der Waals surface area contributed by atoms with Gasteiger partial charge >= 0.3 is 0 Å². The van der Waals surface area contributed by atoms with Crippen molar-refractivity contribution in [2.24, 2.45) is 0 Å². The molecule has 0 aliphatic carbocycles. The Bertz CT molecular complexity index is 940. The van der Waals surface area contributed by atoms with Crippen molar-refractivity contribution >= 4 is 11.8 Å². The van der Waals surface area contributed by atoms with E-state index < -0.39 is 0 Å². The fourth-order valence-corrected chi connectivity index (χ4v) is 4.66. The lowest BCUT2D eigenvalue weighted by molar-refractivity contribution is -0.150. The summed E-state index contributed by atoms with van der Waals surface area (Å²) >= 11 is 0. The zero-order valence-corrected chi connectivity index (χ0v) is 17.0. The summed E-state index contributed by atoms with van der Waals surface area (Å²) in [7, 11) is 0. The Morgan fingerprint density at radius 1 is 1.14 bits per heavy atom. The van der Waals surface area contributed by atoms with Crippen LogP contribution < -0.4 is 0 Å². The molecule has 1 fully saturated rings. The van der Waals surface area contributed by atoms with Gasteiger partial charge in [0.15, 0.2) is 0 Å². The summed E-state index contributed by atoms with van der Waals surface area (Å²) in [6.45, 7) is 5.65. The second-order valence-corrected chi connectivity index (χ2v) is 8.73. The molecule has 5 heteroatoms. The van der Waals surface area contributed by atoms with Gasteiger partial charge in [-0.05, 0) is 35.6 Å². The highest BCUT2D eigenvalue weighted by molar-refractivity contribution is 5.87. The summed E-state index contributed by atoms with van der Waals surface area (Å²) in [5, 5.41) is 0. The molecule has 0 radical (unpaired) electrons. The number of benzene rings is 2. The molecule has 4 nitrogen and oxygen atoms in total. The van der Waals surface area contributed by atoms with Gasteiger partial charge < -0.3 is 9.80 Å². The average Bonchev–Trinajstić information content (AvgIpc) is 2.70. The van der Waals surface area contributed by atoms with Crippen LogP contribution in [0.15, 0.2) is 48.5 Å². The molecule has 2 aliphatic heterocycles. The molecule has 1 unspecified atom stereocenters. The van der Waals surface area contributed by atoms with Crippen LogP contribution in [0.3, 0.4) is 0 Å². The minimum atomic E-state index is -0.231. The van der Waals surface area contributed by atoms with Gasteiger partial charge in [0.1, 0.15) is 5.82 Å². The topological polar surface area (TPSA) is 40.6 Å². The number of piperazine rings is 1. The van der Waals surface area contributed by atoms with Crippen molar-refractivity contribution in [3.8, 4) is 0 Å². The minimum absolute atomic E-state index is 0.00582. The van der Waals surface area contributed by atoms with Crippen LogP contribution in [0.1, 0.15) is 49.4 Å². The van der Waals surface area contributed by atoms with Crippen molar-refractivity contribution in [2.75, 3.05) is 19.6 Å². The molecule has 0 spiro atoms. The molecule has 2 aliphatic rings. The van der Waals surface area contributed by atoms with Gasteiger partial charge in [-0.3, -0.25) is 9.59 Å². The molecule has 0 N–H and O–H groups in total. The van der Waals surface area contributed by atoms with Crippen LogP contribution in [0.25, 0.3) is 0 Å². The third-order valence-corrected chi connectivity index (χ3v) is 6.18. The lowest BCUT2D eigenvalue weighted by atomic mass is 9.75. The quantitative estimate of drug-likeness (QED) is 0.790. The summed E-state index contributed by atoms with van der Waals surface area (Å²) < 4.78 is 13.8. The Kier molecular flexibility index (Phi) is 5.15. The summed E-state index contributed by atoms with van der Waals surface area (Å²) in [5.41, 5.74) is 2.92. The number of halogens is 1. The Balaban J connectivity index is 1.45. The third kappa shape index (κ3) is 3.78. The van der Waals surface area contributed by atoms with Gasteiger partial charge in [0.25, 0.3) is 0 Å². The van der Waals surface area contributed by atoms with Crippen molar-refractivity contribution in [3.05, 3.63) is 71.0 Å². The van der Waals surface area contributed by atoms with E-state index in [2.05, 4.69) is 26.0 Å². The lowest BCUT2D eigenvalue weighted by Gasteiger charge is -2.49. The first kappa shape index (κ1) is 19.6. The predicted molar refractivity (Wildman–Crippen MR) is 110 cm³/mol. The van der Waals surface area contributed by atoms with Crippen LogP contribution in [-0.4, -0.2) is 41.2 Å². The largest absolute Gasteiger partial charge is 0.331 e. The number of fused-ring (bicyclic) bond motifs is 3. The second-order valence-electron chi connectivity index (χ2n) is 8.73. The van der Waals surface area contributed by atoms with E-state index in [1.165, 1.54) is 11.6 Å². The molecule has 2 aromatic carbocycles. The third-order valence-electron chi connectivity index (χ3n) is 6.18. The van der Waals surface area contributed by atoms with E-state index >= 15 is 0 Å². The molecule has 29 heavy (non-hydrogen) atoms. The standard InChI is InChI=1S/C24H27FN2O2/c1-24(2)16-27-21(18-10-4-5-11-19(18)24)14-26(15-23(27)29)22(28)13-7-9-17-8-3-6-12-20(17)25/h3-6,8,10-12,21H,7,9,13-16H2,1-2H3. The van der Waals surface area contributed by atoms with Gasteiger partial charge in [-0.1, -0.05) is 56.3 Å². The molecule has 0 aromatic heterocycles. The van der Waals surface area contributed by atoms with E-state index in [0.717, 1.165) is 5.56 Å². The molecule has 4 rings (SSSR count). The molecule has 152 valence electrons. The second kappa shape index (κ2) is 7.62. The van der Waals surface area contributed by atoms with Gasteiger partial charge in [-0.15, -0.1) is 0 Å². The number of carbonyl (C=O) groups is 2.